The number of nitrogen functional groups attached to an aromatic ring is 1. The number of nitrogens with two attached hydrogens (primary N) is 1. The maximum atomic E-state index is 14.6. The number of aliphatic hydroxyl groups excluding tert-OH is 1. The highest BCUT2D eigenvalue weighted by molar-refractivity contribution is 8.00. The number of nitrogens with one attached hydrogen (secondary N) is 1. The molecule has 1 aliphatic heterocycles. The fourth-order valence-electron chi connectivity index (χ4n) is 3.73. The second kappa shape index (κ2) is 14.4. The predicted octanol–water partition coefficient (Wildman–Crippen LogP) is 4.26. The Morgan fingerprint density at radius 3 is 2.36 bits per heavy atom. The maximum Gasteiger partial charge on any atom is 0.472 e. The van der Waals surface area contributed by atoms with E-state index in [1.54, 1.807) is 0 Å². The van der Waals surface area contributed by atoms with E-state index in [2.05, 4.69) is 16.9 Å². The van der Waals surface area contributed by atoms with Gasteiger partial charge in [0.15, 0.2) is 0 Å². The average Bonchev–Trinajstić information content (AvgIpc) is 3.04. The second-order valence-electron chi connectivity index (χ2n) is 8.37. The van der Waals surface area contributed by atoms with Crippen LogP contribution >= 0.6 is 19.6 Å². The van der Waals surface area contributed by atoms with Crippen molar-refractivity contribution in [3.63, 3.8) is 0 Å². The summed E-state index contributed by atoms with van der Waals surface area (Å²) in [6.07, 6.45) is 9.40. The van der Waals surface area contributed by atoms with E-state index in [1.807, 2.05) is 0 Å². The minimum atomic E-state index is -4.31. The number of H-pyrrole nitrogens is 1. The van der Waals surface area contributed by atoms with Gasteiger partial charge >= 0.3 is 13.5 Å². The molecular weight excluding hydrogens is 472 g/mol. The highest BCUT2D eigenvalue weighted by atomic mass is 32.2. The van der Waals surface area contributed by atoms with Crippen LogP contribution in [-0.2, 0) is 13.6 Å². The monoisotopic (exact) mass is 509 g/mol. The highest BCUT2D eigenvalue weighted by Gasteiger charge is 2.46. The van der Waals surface area contributed by atoms with Crippen molar-refractivity contribution in [3.05, 3.63) is 22.2 Å². The Balaban J connectivity index is 1.65. The minimum absolute atomic E-state index is 0.0309. The summed E-state index contributed by atoms with van der Waals surface area (Å²) < 4.78 is 36.7. The second-order valence-corrected chi connectivity index (χ2v) is 11.2. The maximum absolute atomic E-state index is 14.6. The molecule has 2 rings (SSSR count). The third-order valence-corrected chi connectivity index (χ3v) is 8.21. The topological polar surface area (TPSA) is 148 Å². The van der Waals surface area contributed by atoms with Gasteiger partial charge < -0.3 is 15.7 Å². The Bertz CT molecular complexity index is 816. The van der Waals surface area contributed by atoms with Gasteiger partial charge in [0.25, 0.3) is 0 Å². The Hall–Kier alpha value is -0.970. The summed E-state index contributed by atoms with van der Waals surface area (Å²) in [6.45, 7) is 1.93. The van der Waals surface area contributed by atoms with E-state index < -0.39 is 36.3 Å². The number of hydrogen-bond acceptors (Lipinski definition) is 8. The Kier molecular flexibility index (Phi) is 12.4. The van der Waals surface area contributed by atoms with E-state index in [0.717, 1.165) is 31.0 Å². The fourth-order valence-corrected chi connectivity index (χ4v) is 6.09. The number of hydrogen-bond donors (Lipinski definition) is 4. The summed E-state index contributed by atoms with van der Waals surface area (Å²) in [5.41, 5.74) is 5.33. The van der Waals surface area contributed by atoms with Crippen LogP contribution in [0.3, 0.4) is 0 Å². The van der Waals surface area contributed by atoms with Gasteiger partial charge in [0.05, 0.1) is 23.7 Å². The molecule has 5 N–H and O–H groups in total. The molecule has 0 aromatic carbocycles. The number of phosphoric acid groups is 1. The Morgan fingerprint density at radius 2 is 1.76 bits per heavy atom. The van der Waals surface area contributed by atoms with Crippen LogP contribution in [0.1, 0.15) is 81.9 Å². The van der Waals surface area contributed by atoms with Crippen LogP contribution in [0, 0.1) is 0 Å². The molecule has 0 amide bonds. The lowest BCUT2D eigenvalue weighted by molar-refractivity contribution is 0.0662. The summed E-state index contributed by atoms with van der Waals surface area (Å²) >= 11 is 1.01. The number of thioether (sulfide) groups is 1. The Morgan fingerprint density at radius 1 is 1.15 bits per heavy atom. The number of aromatic nitrogens is 2. The highest BCUT2D eigenvalue weighted by Crippen LogP contribution is 2.50. The van der Waals surface area contributed by atoms with Gasteiger partial charge in [-0.05, 0) is 6.42 Å². The number of aliphatic hydroxyl groups is 1. The van der Waals surface area contributed by atoms with Crippen molar-refractivity contribution < 1.29 is 28.0 Å². The largest absolute Gasteiger partial charge is 0.472 e. The SMILES string of the molecule is CCCCCCCCCCCCOP(=O)(O)OC[C@H]1S[C@H](c2cnc(=O)[nH]c2N)[C@@H](F)[C@@H]1O. The molecule has 0 aliphatic carbocycles. The summed E-state index contributed by atoms with van der Waals surface area (Å²) in [5.74, 6) is -0.0309. The molecule has 190 valence electrons. The summed E-state index contributed by atoms with van der Waals surface area (Å²) in [4.78, 5) is 26.9. The molecule has 0 bridgehead atoms. The quantitative estimate of drug-likeness (QED) is 0.189. The Labute approximate surface area is 198 Å². The number of nitrogens with zero attached hydrogens (tertiary/aromatic N) is 1. The average molecular weight is 510 g/mol. The van der Waals surface area contributed by atoms with Crippen LogP contribution in [0.2, 0.25) is 0 Å². The van der Waals surface area contributed by atoms with Crippen molar-refractivity contribution in [2.75, 3.05) is 18.9 Å². The zero-order valence-corrected chi connectivity index (χ0v) is 20.9. The molecule has 2 heterocycles. The molecule has 0 radical (unpaired) electrons. The molecule has 1 saturated heterocycles. The number of halogens is 1. The number of unbranched alkanes of at least 4 members (excludes halogenated alkanes) is 9. The molecule has 1 aromatic rings. The minimum Gasteiger partial charge on any atom is -0.389 e. The van der Waals surface area contributed by atoms with Crippen LogP contribution < -0.4 is 11.4 Å². The van der Waals surface area contributed by atoms with Crippen molar-refractivity contribution in [2.45, 2.75) is 93.9 Å². The zero-order valence-electron chi connectivity index (χ0n) is 19.2. The fraction of sp³-hybridized carbons (Fsp3) is 0.810. The van der Waals surface area contributed by atoms with Gasteiger partial charge in [-0.25, -0.2) is 18.7 Å². The standard InChI is InChI=1S/C21H37FN3O6PS/c1-2-3-4-5-6-7-8-9-10-11-12-30-32(28,29)31-14-16-18(26)17(22)19(33-16)15-13-24-21(27)25-20(15)23/h13,16-19,26H,2-12,14H2,1H3,(H,28,29)(H3,23,24,25,27)/t16-,17+,18-,19-/m1/s1. The van der Waals surface area contributed by atoms with E-state index in [9.17, 15) is 23.7 Å². The number of anilines is 1. The third kappa shape index (κ3) is 9.66. The van der Waals surface area contributed by atoms with Gasteiger partial charge in [-0.15, -0.1) is 11.8 Å². The number of phosphoric ester groups is 1. The molecule has 12 heteroatoms. The van der Waals surface area contributed by atoms with Gasteiger partial charge in [-0.2, -0.15) is 0 Å². The number of alkyl halides is 1. The molecule has 1 fully saturated rings. The summed E-state index contributed by atoms with van der Waals surface area (Å²) in [6, 6.07) is 0. The van der Waals surface area contributed by atoms with Crippen LogP contribution in [-0.4, -0.2) is 50.7 Å². The van der Waals surface area contributed by atoms with Crippen molar-refractivity contribution in [1.29, 1.82) is 0 Å². The van der Waals surface area contributed by atoms with Crippen LogP contribution in [0.5, 0.6) is 0 Å². The predicted molar refractivity (Wildman–Crippen MR) is 128 cm³/mol. The van der Waals surface area contributed by atoms with Crippen molar-refractivity contribution >= 4 is 25.4 Å². The van der Waals surface area contributed by atoms with Crippen molar-refractivity contribution in [1.82, 2.24) is 9.97 Å². The molecule has 5 atom stereocenters. The van der Waals surface area contributed by atoms with Crippen molar-refractivity contribution in [2.24, 2.45) is 0 Å². The van der Waals surface area contributed by atoms with Gasteiger partial charge in [0.2, 0.25) is 0 Å². The van der Waals surface area contributed by atoms with Gasteiger partial charge in [0.1, 0.15) is 18.1 Å². The van der Waals surface area contributed by atoms with Crippen LogP contribution in [0.15, 0.2) is 11.0 Å². The first-order valence-corrected chi connectivity index (χ1v) is 14.1. The summed E-state index contributed by atoms with van der Waals surface area (Å²) in [7, 11) is -4.31. The molecular formula is C21H37FN3O6PS. The molecule has 1 unspecified atom stereocenters. The molecule has 1 aromatic heterocycles. The number of aromatic amines is 1. The number of rotatable bonds is 16. The van der Waals surface area contributed by atoms with Gasteiger partial charge in [0, 0.05) is 11.8 Å². The lowest BCUT2D eigenvalue weighted by atomic mass is 10.1. The first-order chi connectivity index (χ1) is 15.7. The smallest absolute Gasteiger partial charge is 0.389 e. The molecule has 0 saturated carbocycles. The van der Waals surface area contributed by atoms with E-state index in [1.165, 1.54) is 44.7 Å². The van der Waals surface area contributed by atoms with Crippen LogP contribution in [0.25, 0.3) is 0 Å². The molecule has 0 spiro atoms. The van der Waals surface area contributed by atoms with Gasteiger partial charge in [-0.3, -0.25) is 14.0 Å². The van der Waals surface area contributed by atoms with E-state index >= 15 is 0 Å². The molecule has 9 nitrogen and oxygen atoms in total. The third-order valence-electron chi connectivity index (χ3n) is 5.65. The zero-order chi connectivity index (χ0) is 24.3. The first kappa shape index (κ1) is 28.3. The summed E-state index contributed by atoms with van der Waals surface area (Å²) in [5, 5.41) is 8.49. The molecule has 33 heavy (non-hydrogen) atoms. The van der Waals surface area contributed by atoms with Gasteiger partial charge in [-0.1, -0.05) is 64.7 Å². The van der Waals surface area contributed by atoms with E-state index in [0.29, 0.717) is 6.42 Å². The normalized spacial score (nSPS) is 24.7. The van der Waals surface area contributed by atoms with Crippen LogP contribution in [0.4, 0.5) is 10.2 Å². The first-order valence-electron chi connectivity index (χ1n) is 11.7. The van der Waals surface area contributed by atoms with E-state index in [4.69, 9.17) is 14.8 Å². The lowest BCUT2D eigenvalue weighted by Gasteiger charge is -2.17. The lowest BCUT2D eigenvalue weighted by Crippen LogP contribution is -2.30. The van der Waals surface area contributed by atoms with Crippen molar-refractivity contribution in [3.8, 4) is 0 Å². The molecule has 1 aliphatic rings. The van der Waals surface area contributed by atoms with E-state index in [-0.39, 0.29) is 24.6 Å².